The van der Waals surface area contributed by atoms with Crippen molar-refractivity contribution in [3.8, 4) is 11.5 Å². The quantitative estimate of drug-likeness (QED) is 0.223. The second kappa shape index (κ2) is 10.3. The van der Waals surface area contributed by atoms with E-state index in [2.05, 4.69) is 33.4 Å². The van der Waals surface area contributed by atoms with Crippen molar-refractivity contribution in [1.29, 1.82) is 0 Å². The fourth-order valence-corrected chi connectivity index (χ4v) is 4.12. The van der Waals surface area contributed by atoms with E-state index >= 15 is 0 Å². The van der Waals surface area contributed by atoms with Crippen LogP contribution < -0.4 is 4.74 Å². The summed E-state index contributed by atoms with van der Waals surface area (Å²) in [5.41, 5.74) is 3.65. The number of ether oxygens (including phenoxy) is 1. The number of hydrogen-bond donors (Lipinski definition) is 2. The second-order valence-corrected chi connectivity index (χ2v) is 9.18. The molecule has 1 aliphatic carbocycles. The normalized spacial score (nSPS) is 22.3. The van der Waals surface area contributed by atoms with E-state index in [0.717, 1.165) is 49.7 Å². The lowest BCUT2D eigenvalue weighted by molar-refractivity contribution is -0.139. The van der Waals surface area contributed by atoms with Gasteiger partial charge < -0.3 is 14.9 Å². The maximum absolute atomic E-state index is 12.5. The Hall–Kier alpha value is -2.07. The van der Waals surface area contributed by atoms with Crippen LogP contribution in [0.2, 0.25) is 0 Å². The number of esters is 1. The monoisotopic (exact) mass is 414 g/mol. The molecule has 2 rings (SSSR count). The Kier molecular flexibility index (Phi) is 8.31. The summed E-state index contributed by atoms with van der Waals surface area (Å²) in [4.78, 5) is 12.5. The average molecular weight is 415 g/mol. The van der Waals surface area contributed by atoms with E-state index in [9.17, 15) is 15.0 Å². The maximum atomic E-state index is 12.5. The molecule has 0 aromatic heterocycles. The number of unbranched alkanes of at least 4 members (excludes halogenated alkanes) is 2. The fraction of sp³-hybridized carbons (Fsp3) is 0.577. The Balaban J connectivity index is 2.59. The molecule has 2 N–H and O–H groups in total. The third-order valence-electron chi connectivity index (χ3n) is 6.60. The van der Waals surface area contributed by atoms with E-state index in [1.54, 1.807) is 6.92 Å². The van der Waals surface area contributed by atoms with Gasteiger partial charge in [-0.25, -0.2) is 0 Å². The van der Waals surface area contributed by atoms with Gasteiger partial charge in [0.15, 0.2) is 0 Å². The molecule has 0 saturated heterocycles. The molecule has 0 heterocycles. The molecule has 1 aromatic rings. The molecule has 0 radical (unpaired) electrons. The number of aromatic hydroxyl groups is 1. The molecule has 3 unspecified atom stereocenters. The number of carbonyl (C=O) groups excluding carboxylic acids is 1. The Morgan fingerprint density at radius 2 is 2.07 bits per heavy atom. The van der Waals surface area contributed by atoms with Gasteiger partial charge in [0, 0.05) is 11.5 Å². The Morgan fingerprint density at radius 1 is 1.37 bits per heavy atom. The van der Waals surface area contributed by atoms with Gasteiger partial charge >= 0.3 is 5.97 Å². The van der Waals surface area contributed by atoms with E-state index in [4.69, 9.17) is 4.74 Å². The number of phenols is 1. The average Bonchev–Trinajstić information content (AvgIpc) is 2.69. The molecule has 1 aliphatic rings. The van der Waals surface area contributed by atoms with Crippen LogP contribution in [-0.2, 0) is 11.2 Å². The standard InChI is InChI=1S/C26H38O4/c1-7-8-9-10-20-14-22(28)24(23(15-20)30-25(29)19(5)16-27)21-13-18(4)11-12-26(21,6)17(2)3/h13-15,19,21,27-28H,2,7-12,16H2,1,3-6H3. The van der Waals surface area contributed by atoms with E-state index in [1.165, 1.54) is 5.57 Å². The number of phenolic OH excluding ortho intramolecular Hbond substituents is 1. The minimum absolute atomic E-state index is 0.138. The first-order valence-electron chi connectivity index (χ1n) is 11.2. The maximum Gasteiger partial charge on any atom is 0.316 e. The summed E-state index contributed by atoms with van der Waals surface area (Å²) in [6, 6.07) is 3.71. The third kappa shape index (κ3) is 5.34. The summed E-state index contributed by atoms with van der Waals surface area (Å²) >= 11 is 0. The zero-order valence-electron chi connectivity index (χ0n) is 19.3. The number of aliphatic hydroxyl groups excluding tert-OH is 1. The topological polar surface area (TPSA) is 66.8 Å². The molecular weight excluding hydrogens is 376 g/mol. The minimum atomic E-state index is -0.625. The summed E-state index contributed by atoms with van der Waals surface area (Å²) < 4.78 is 5.77. The smallest absolute Gasteiger partial charge is 0.316 e. The Bertz CT molecular complexity index is 807. The minimum Gasteiger partial charge on any atom is -0.507 e. The van der Waals surface area contributed by atoms with Gasteiger partial charge in [0.25, 0.3) is 0 Å². The Morgan fingerprint density at radius 3 is 2.67 bits per heavy atom. The van der Waals surface area contributed by atoms with Crippen LogP contribution >= 0.6 is 0 Å². The van der Waals surface area contributed by atoms with Crippen molar-refractivity contribution in [2.45, 2.75) is 79.1 Å². The molecular formula is C26H38O4. The zero-order chi connectivity index (χ0) is 22.5. The van der Waals surface area contributed by atoms with Gasteiger partial charge in [-0.1, -0.05) is 50.5 Å². The first-order chi connectivity index (χ1) is 14.1. The molecule has 0 spiro atoms. The highest BCUT2D eigenvalue weighted by Crippen LogP contribution is 2.54. The highest BCUT2D eigenvalue weighted by Gasteiger charge is 2.40. The van der Waals surface area contributed by atoms with Crippen LogP contribution in [0.15, 0.2) is 35.9 Å². The van der Waals surface area contributed by atoms with Gasteiger partial charge in [0.2, 0.25) is 0 Å². The molecule has 30 heavy (non-hydrogen) atoms. The lowest BCUT2D eigenvalue weighted by atomic mass is 9.63. The molecule has 0 fully saturated rings. The van der Waals surface area contributed by atoms with Gasteiger partial charge in [-0.2, -0.15) is 0 Å². The van der Waals surface area contributed by atoms with Gasteiger partial charge in [-0.3, -0.25) is 4.79 Å². The van der Waals surface area contributed by atoms with Crippen LogP contribution in [0.3, 0.4) is 0 Å². The lowest BCUT2D eigenvalue weighted by Crippen LogP contribution is -2.30. The summed E-state index contributed by atoms with van der Waals surface area (Å²) in [6.45, 7) is 14.0. The summed E-state index contributed by atoms with van der Waals surface area (Å²) in [5, 5.41) is 20.5. The second-order valence-electron chi connectivity index (χ2n) is 9.18. The molecule has 4 nitrogen and oxygen atoms in total. The summed E-state index contributed by atoms with van der Waals surface area (Å²) in [6.07, 6.45) is 8.14. The highest BCUT2D eigenvalue weighted by atomic mass is 16.5. The third-order valence-corrected chi connectivity index (χ3v) is 6.60. The molecule has 1 aromatic carbocycles. The van der Waals surface area contributed by atoms with Crippen molar-refractivity contribution in [2.24, 2.45) is 11.3 Å². The Labute approximate surface area is 181 Å². The summed E-state index contributed by atoms with van der Waals surface area (Å²) in [7, 11) is 0. The van der Waals surface area contributed by atoms with Crippen LogP contribution in [0.5, 0.6) is 11.5 Å². The number of aryl methyl sites for hydroxylation is 1. The molecule has 4 heteroatoms. The summed E-state index contributed by atoms with van der Waals surface area (Å²) in [5.74, 6) is -0.694. The van der Waals surface area contributed by atoms with Gasteiger partial charge in [0.1, 0.15) is 11.5 Å². The number of allylic oxidation sites excluding steroid dienone is 3. The van der Waals surface area contributed by atoms with Crippen molar-refractivity contribution < 1.29 is 19.7 Å². The van der Waals surface area contributed by atoms with Crippen LogP contribution in [0.4, 0.5) is 0 Å². The SMILES string of the molecule is C=C(C)C1(C)CCC(C)=CC1c1c(O)cc(CCCCC)cc1OC(=O)C(C)CO. The van der Waals surface area contributed by atoms with E-state index in [1.807, 2.05) is 19.1 Å². The first-order valence-corrected chi connectivity index (χ1v) is 11.2. The number of benzene rings is 1. The molecule has 0 aliphatic heterocycles. The molecule has 166 valence electrons. The molecule has 3 atom stereocenters. The van der Waals surface area contributed by atoms with Gasteiger partial charge in [-0.05, 0) is 69.6 Å². The number of hydrogen-bond acceptors (Lipinski definition) is 4. The zero-order valence-corrected chi connectivity index (χ0v) is 19.3. The number of aliphatic hydroxyl groups is 1. The van der Waals surface area contributed by atoms with Crippen LogP contribution in [0.1, 0.15) is 83.8 Å². The van der Waals surface area contributed by atoms with Crippen LogP contribution in [-0.4, -0.2) is 22.8 Å². The van der Waals surface area contributed by atoms with Crippen LogP contribution in [0, 0.1) is 11.3 Å². The van der Waals surface area contributed by atoms with E-state index in [0.29, 0.717) is 11.3 Å². The molecule has 0 amide bonds. The van der Waals surface area contributed by atoms with Gasteiger partial charge in [-0.15, -0.1) is 0 Å². The van der Waals surface area contributed by atoms with E-state index in [-0.39, 0.29) is 23.7 Å². The predicted octanol–water partition coefficient (Wildman–Crippen LogP) is 6.06. The van der Waals surface area contributed by atoms with Gasteiger partial charge in [0.05, 0.1) is 12.5 Å². The number of rotatable bonds is 9. The van der Waals surface area contributed by atoms with Crippen molar-refractivity contribution in [3.05, 3.63) is 47.1 Å². The highest BCUT2D eigenvalue weighted by molar-refractivity contribution is 5.76. The van der Waals surface area contributed by atoms with Crippen molar-refractivity contribution in [3.63, 3.8) is 0 Å². The van der Waals surface area contributed by atoms with Crippen molar-refractivity contribution in [2.75, 3.05) is 6.61 Å². The van der Waals surface area contributed by atoms with Crippen LogP contribution in [0.25, 0.3) is 0 Å². The van der Waals surface area contributed by atoms with E-state index < -0.39 is 11.9 Å². The van der Waals surface area contributed by atoms with Crippen molar-refractivity contribution >= 4 is 5.97 Å². The largest absolute Gasteiger partial charge is 0.507 e. The first kappa shape index (κ1) is 24.2. The van der Waals surface area contributed by atoms with Crippen molar-refractivity contribution in [1.82, 2.24) is 0 Å². The number of carbonyl (C=O) groups is 1. The molecule has 0 bridgehead atoms. The fourth-order valence-electron chi connectivity index (χ4n) is 4.12. The predicted molar refractivity (Wildman–Crippen MR) is 122 cm³/mol. The lowest BCUT2D eigenvalue weighted by Gasteiger charge is -2.41. The molecule has 0 saturated carbocycles.